The molecule has 0 bridgehead atoms. The second-order valence-corrected chi connectivity index (χ2v) is 4.72. The number of hydrogen-bond acceptors (Lipinski definition) is 2. The molecule has 1 atom stereocenters. The van der Waals surface area contributed by atoms with Crippen molar-refractivity contribution in [1.29, 1.82) is 0 Å². The van der Waals surface area contributed by atoms with Gasteiger partial charge in [0.1, 0.15) is 0 Å². The van der Waals surface area contributed by atoms with Crippen LogP contribution in [-0.4, -0.2) is 30.6 Å². The Morgan fingerprint density at radius 2 is 1.89 bits per heavy atom. The summed E-state index contributed by atoms with van der Waals surface area (Å²) in [5.74, 6) is 0. The Bertz CT molecular complexity index is 392. The van der Waals surface area contributed by atoms with Gasteiger partial charge in [-0.25, -0.2) is 0 Å². The van der Waals surface area contributed by atoms with Gasteiger partial charge in [0, 0.05) is 32.2 Å². The van der Waals surface area contributed by atoms with Gasteiger partial charge < -0.3 is 5.32 Å². The van der Waals surface area contributed by atoms with Gasteiger partial charge >= 0.3 is 6.18 Å². The van der Waals surface area contributed by atoms with E-state index in [2.05, 4.69) is 17.1 Å². The topological polar surface area (TPSA) is 15.3 Å². The monoisotopic (exact) mass is 294 g/mol. The summed E-state index contributed by atoms with van der Waals surface area (Å²) in [6.45, 7) is 5.63. The van der Waals surface area contributed by atoms with Crippen molar-refractivity contribution in [1.82, 2.24) is 10.2 Å². The number of alkyl halides is 3. The van der Waals surface area contributed by atoms with Crippen molar-refractivity contribution >= 4 is 12.4 Å². The summed E-state index contributed by atoms with van der Waals surface area (Å²) in [7, 11) is 0. The largest absolute Gasteiger partial charge is 0.416 e. The molecule has 1 N–H and O–H groups in total. The third kappa shape index (κ3) is 4.37. The van der Waals surface area contributed by atoms with Crippen molar-refractivity contribution in [3.8, 4) is 0 Å². The highest BCUT2D eigenvalue weighted by Gasteiger charge is 2.30. The van der Waals surface area contributed by atoms with Gasteiger partial charge in [-0.2, -0.15) is 13.2 Å². The highest BCUT2D eigenvalue weighted by molar-refractivity contribution is 5.85. The Hall–Kier alpha value is -0.780. The Kier molecular flexibility index (Phi) is 5.64. The second kappa shape index (κ2) is 6.59. The normalized spacial score (nSPS) is 20.9. The van der Waals surface area contributed by atoms with Crippen LogP contribution >= 0.6 is 12.4 Å². The van der Waals surface area contributed by atoms with E-state index in [1.807, 2.05) is 0 Å². The number of hydrogen-bond donors (Lipinski definition) is 1. The lowest BCUT2D eigenvalue weighted by Crippen LogP contribution is -2.49. The van der Waals surface area contributed by atoms with Crippen LogP contribution in [0.3, 0.4) is 0 Å². The Labute approximate surface area is 117 Å². The average Bonchev–Trinajstić information content (AvgIpc) is 2.32. The quantitative estimate of drug-likeness (QED) is 0.902. The summed E-state index contributed by atoms with van der Waals surface area (Å²) in [6, 6.07) is 5.86. The molecular weight excluding hydrogens is 277 g/mol. The third-order valence-corrected chi connectivity index (χ3v) is 3.31. The highest BCUT2D eigenvalue weighted by atomic mass is 35.5. The standard InChI is InChI=1S/C13H17F3N2.ClH/c1-10-8-17-6-7-18(10)9-11-2-4-12(5-3-11)13(14,15)16;/h2-5,10,17H,6-9H2,1H3;1H. The van der Waals surface area contributed by atoms with Crippen LogP contribution in [-0.2, 0) is 12.7 Å². The number of nitrogens with zero attached hydrogens (tertiary/aromatic N) is 1. The lowest BCUT2D eigenvalue weighted by molar-refractivity contribution is -0.137. The first-order valence-electron chi connectivity index (χ1n) is 6.08. The van der Waals surface area contributed by atoms with Crippen molar-refractivity contribution in [2.75, 3.05) is 19.6 Å². The van der Waals surface area contributed by atoms with Crippen LogP contribution in [0.25, 0.3) is 0 Å². The van der Waals surface area contributed by atoms with Gasteiger partial charge in [0.05, 0.1) is 5.56 Å². The predicted octanol–water partition coefficient (Wildman–Crippen LogP) is 2.92. The van der Waals surface area contributed by atoms with E-state index >= 15 is 0 Å². The molecule has 0 aliphatic carbocycles. The molecule has 1 aromatic rings. The smallest absolute Gasteiger partial charge is 0.314 e. The van der Waals surface area contributed by atoms with Gasteiger partial charge in [-0.1, -0.05) is 12.1 Å². The number of benzene rings is 1. The zero-order chi connectivity index (χ0) is 13.2. The first-order chi connectivity index (χ1) is 8.47. The fourth-order valence-electron chi connectivity index (χ4n) is 2.15. The van der Waals surface area contributed by atoms with E-state index in [4.69, 9.17) is 0 Å². The van der Waals surface area contributed by atoms with Crippen molar-refractivity contribution in [2.45, 2.75) is 25.7 Å². The molecule has 1 saturated heterocycles. The van der Waals surface area contributed by atoms with E-state index < -0.39 is 11.7 Å². The molecule has 0 saturated carbocycles. The van der Waals surface area contributed by atoms with Crippen LogP contribution in [0.5, 0.6) is 0 Å². The first-order valence-corrected chi connectivity index (χ1v) is 6.08. The van der Waals surface area contributed by atoms with E-state index in [1.165, 1.54) is 0 Å². The molecule has 1 unspecified atom stereocenters. The number of piperazine rings is 1. The summed E-state index contributed by atoms with van der Waals surface area (Å²) < 4.78 is 37.3. The summed E-state index contributed by atoms with van der Waals surface area (Å²) >= 11 is 0. The van der Waals surface area contributed by atoms with Gasteiger partial charge in [-0.3, -0.25) is 4.90 Å². The molecule has 0 spiro atoms. The summed E-state index contributed by atoms with van der Waals surface area (Å²) in [6.07, 6.45) is -4.25. The fourth-order valence-corrected chi connectivity index (χ4v) is 2.15. The van der Waals surface area contributed by atoms with E-state index in [9.17, 15) is 13.2 Å². The third-order valence-electron chi connectivity index (χ3n) is 3.31. The first kappa shape index (κ1) is 16.3. The van der Waals surface area contributed by atoms with Crippen LogP contribution < -0.4 is 5.32 Å². The predicted molar refractivity (Wildman–Crippen MR) is 71.4 cm³/mol. The van der Waals surface area contributed by atoms with E-state index in [1.54, 1.807) is 12.1 Å². The maximum absolute atomic E-state index is 12.4. The molecule has 2 rings (SSSR count). The molecule has 6 heteroatoms. The molecule has 0 radical (unpaired) electrons. The van der Waals surface area contributed by atoms with Gasteiger partial charge in [0.2, 0.25) is 0 Å². The molecular formula is C13H18ClF3N2. The van der Waals surface area contributed by atoms with Crippen molar-refractivity contribution in [3.63, 3.8) is 0 Å². The van der Waals surface area contributed by atoms with Crippen molar-refractivity contribution in [3.05, 3.63) is 35.4 Å². The fraction of sp³-hybridized carbons (Fsp3) is 0.538. The summed E-state index contributed by atoms with van der Waals surface area (Å²) in [5, 5.41) is 3.29. The van der Waals surface area contributed by atoms with Crippen LogP contribution in [0.2, 0.25) is 0 Å². The molecule has 1 aromatic carbocycles. The Balaban J connectivity index is 0.00000180. The van der Waals surface area contributed by atoms with Gasteiger partial charge in [-0.05, 0) is 24.6 Å². The SMILES string of the molecule is CC1CNCCN1Cc1ccc(C(F)(F)F)cc1.Cl. The van der Waals surface area contributed by atoms with Crippen molar-refractivity contribution in [2.24, 2.45) is 0 Å². The minimum Gasteiger partial charge on any atom is -0.314 e. The molecule has 2 nitrogen and oxygen atoms in total. The molecule has 1 aliphatic heterocycles. The van der Waals surface area contributed by atoms with E-state index in [-0.39, 0.29) is 12.4 Å². The minimum absolute atomic E-state index is 0. The zero-order valence-electron chi connectivity index (χ0n) is 10.7. The highest BCUT2D eigenvalue weighted by Crippen LogP contribution is 2.29. The number of halogens is 4. The zero-order valence-corrected chi connectivity index (χ0v) is 11.5. The number of nitrogens with one attached hydrogen (secondary N) is 1. The molecule has 1 aliphatic rings. The van der Waals surface area contributed by atoms with E-state index in [0.717, 1.165) is 37.3 Å². The van der Waals surface area contributed by atoms with Crippen LogP contribution in [0.1, 0.15) is 18.1 Å². The van der Waals surface area contributed by atoms with E-state index in [0.29, 0.717) is 12.6 Å². The molecule has 108 valence electrons. The minimum atomic E-state index is -4.25. The Morgan fingerprint density at radius 1 is 1.26 bits per heavy atom. The average molecular weight is 295 g/mol. The summed E-state index contributed by atoms with van der Waals surface area (Å²) in [5.41, 5.74) is 0.344. The van der Waals surface area contributed by atoms with Crippen molar-refractivity contribution < 1.29 is 13.2 Å². The molecule has 1 heterocycles. The summed E-state index contributed by atoms with van der Waals surface area (Å²) in [4.78, 5) is 2.28. The second-order valence-electron chi connectivity index (χ2n) is 4.72. The van der Waals surface area contributed by atoms with Gasteiger partial charge in [0.25, 0.3) is 0 Å². The lowest BCUT2D eigenvalue weighted by Gasteiger charge is -2.33. The van der Waals surface area contributed by atoms with Crippen LogP contribution in [0.4, 0.5) is 13.2 Å². The number of rotatable bonds is 2. The molecule has 1 fully saturated rings. The van der Waals surface area contributed by atoms with Gasteiger partial charge in [-0.15, -0.1) is 12.4 Å². The van der Waals surface area contributed by atoms with Gasteiger partial charge in [0.15, 0.2) is 0 Å². The maximum atomic E-state index is 12.4. The molecule has 19 heavy (non-hydrogen) atoms. The molecule has 0 aromatic heterocycles. The Morgan fingerprint density at radius 3 is 2.42 bits per heavy atom. The lowest BCUT2D eigenvalue weighted by atomic mass is 10.1. The van der Waals surface area contributed by atoms with Crippen LogP contribution in [0, 0.1) is 0 Å². The maximum Gasteiger partial charge on any atom is 0.416 e. The molecule has 0 amide bonds. The van der Waals surface area contributed by atoms with Crippen LogP contribution in [0.15, 0.2) is 24.3 Å².